The number of aryl methyl sites for hydroxylation is 3. The molecule has 0 amide bonds. The van der Waals surface area contributed by atoms with Crippen LogP contribution in [0.5, 0.6) is 0 Å². The summed E-state index contributed by atoms with van der Waals surface area (Å²) in [6.45, 7) is 6.18. The lowest BCUT2D eigenvalue weighted by atomic mass is 10.0. The van der Waals surface area contributed by atoms with Crippen molar-refractivity contribution < 1.29 is 0 Å². The third-order valence-corrected chi connectivity index (χ3v) is 5.32. The van der Waals surface area contributed by atoms with E-state index in [-0.39, 0.29) is 0 Å². The van der Waals surface area contributed by atoms with Crippen molar-refractivity contribution in [1.82, 2.24) is 9.97 Å². The first kappa shape index (κ1) is 15.1. The Labute approximate surface area is 139 Å². The smallest absolute Gasteiger partial charge is 0.129 e. The van der Waals surface area contributed by atoms with Crippen LogP contribution in [-0.2, 0) is 0 Å². The van der Waals surface area contributed by atoms with Gasteiger partial charge in [0.1, 0.15) is 15.7 Å². The molecule has 0 saturated carbocycles. The SMILES string of the molecule is C#CCSc1nc(C)nc2sc(C)c(-c3ccc(C)cc3)c12. The summed E-state index contributed by atoms with van der Waals surface area (Å²) in [5.74, 6) is 4.09. The number of aromatic nitrogens is 2. The Balaban J connectivity index is 2.27. The first-order chi connectivity index (χ1) is 10.6. The van der Waals surface area contributed by atoms with Crippen LogP contribution in [0, 0.1) is 33.1 Å². The Bertz CT molecular complexity index is 871. The van der Waals surface area contributed by atoms with Crippen molar-refractivity contribution in [3.05, 3.63) is 40.5 Å². The number of thiophene rings is 1. The third kappa shape index (κ3) is 2.75. The predicted molar refractivity (Wildman–Crippen MR) is 96.6 cm³/mol. The van der Waals surface area contributed by atoms with E-state index in [1.165, 1.54) is 21.6 Å². The van der Waals surface area contributed by atoms with E-state index in [0.29, 0.717) is 5.75 Å². The highest BCUT2D eigenvalue weighted by molar-refractivity contribution is 7.99. The van der Waals surface area contributed by atoms with Gasteiger partial charge in [-0.15, -0.1) is 17.8 Å². The average molecular weight is 324 g/mol. The van der Waals surface area contributed by atoms with Crippen molar-refractivity contribution >= 4 is 33.3 Å². The molecule has 110 valence electrons. The largest absolute Gasteiger partial charge is 0.226 e. The molecule has 0 saturated heterocycles. The van der Waals surface area contributed by atoms with Gasteiger partial charge in [0, 0.05) is 10.4 Å². The number of rotatable bonds is 3. The van der Waals surface area contributed by atoms with Crippen molar-refractivity contribution in [3.8, 4) is 23.5 Å². The van der Waals surface area contributed by atoms with Crippen LogP contribution < -0.4 is 0 Å². The molecule has 22 heavy (non-hydrogen) atoms. The van der Waals surface area contributed by atoms with Gasteiger partial charge < -0.3 is 0 Å². The van der Waals surface area contributed by atoms with E-state index in [4.69, 9.17) is 6.42 Å². The highest BCUT2D eigenvalue weighted by Gasteiger charge is 2.17. The summed E-state index contributed by atoms with van der Waals surface area (Å²) in [5, 5.41) is 2.12. The second-order valence-electron chi connectivity index (χ2n) is 5.15. The molecular weight excluding hydrogens is 308 g/mol. The number of fused-ring (bicyclic) bond motifs is 1. The molecule has 0 radical (unpaired) electrons. The number of hydrogen-bond donors (Lipinski definition) is 0. The fourth-order valence-electron chi connectivity index (χ4n) is 2.46. The Morgan fingerprint density at radius 3 is 2.55 bits per heavy atom. The van der Waals surface area contributed by atoms with Crippen molar-refractivity contribution in [3.63, 3.8) is 0 Å². The monoisotopic (exact) mass is 324 g/mol. The Hall–Kier alpha value is -1.83. The minimum Gasteiger partial charge on any atom is -0.226 e. The van der Waals surface area contributed by atoms with Crippen LogP contribution in [-0.4, -0.2) is 15.7 Å². The van der Waals surface area contributed by atoms with E-state index < -0.39 is 0 Å². The highest BCUT2D eigenvalue weighted by atomic mass is 32.2. The molecule has 0 aliphatic rings. The van der Waals surface area contributed by atoms with Gasteiger partial charge in [0.2, 0.25) is 0 Å². The fourth-order valence-corrected chi connectivity index (χ4v) is 4.38. The normalized spacial score (nSPS) is 10.8. The maximum absolute atomic E-state index is 5.42. The molecule has 0 N–H and O–H groups in total. The van der Waals surface area contributed by atoms with Gasteiger partial charge >= 0.3 is 0 Å². The molecule has 0 aliphatic heterocycles. The van der Waals surface area contributed by atoms with Gasteiger partial charge in [0.05, 0.1) is 11.1 Å². The molecule has 2 nitrogen and oxygen atoms in total. The minimum atomic E-state index is 0.619. The lowest BCUT2D eigenvalue weighted by Crippen LogP contribution is -1.92. The average Bonchev–Trinajstić information content (AvgIpc) is 2.81. The van der Waals surface area contributed by atoms with Gasteiger partial charge in [-0.05, 0) is 26.3 Å². The molecule has 2 heterocycles. The topological polar surface area (TPSA) is 25.8 Å². The molecule has 0 aliphatic carbocycles. The van der Waals surface area contributed by atoms with Crippen molar-refractivity contribution in [2.45, 2.75) is 25.8 Å². The molecule has 0 fully saturated rings. The molecule has 3 rings (SSSR count). The van der Waals surface area contributed by atoms with Crippen LogP contribution in [0.4, 0.5) is 0 Å². The molecule has 0 bridgehead atoms. The summed E-state index contributed by atoms with van der Waals surface area (Å²) >= 11 is 3.33. The van der Waals surface area contributed by atoms with Crippen molar-refractivity contribution in [2.24, 2.45) is 0 Å². The minimum absolute atomic E-state index is 0.619. The second kappa shape index (κ2) is 6.12. The summed E-state index contributed by atoms with van der Waals surface area (Å²) in [5.41, 5.74) is 3.71. The quantitative estimate of drug-likeness (QED) is 0.385. The maximum atomic E-state index is 5.42. The Morgan fingerprint density at radius 1 is 1.14 bits per heavy atom. The van der Waals surface area contributed by atoms with Crippen LogP contribution in [0.15, 0.2) is 29.3 Å². The van der Waals surface area contributed by atoms with E-state index in [0.717, 1.165) is 21.1 Å². The van der Waals surface area contributed by atoms with Gasteiger partial charge in [-0.2, -0.15) is 0 Å². The first-order valence-electron chi connectivity index (χ1n) is 7.01. The highest BCUT2D eigenvalue weighted by Crippen LogP contribution is 2.41. The summed E-state index contributed by atoms with van der Waals surface area (Å²) < 4.78 is 0. The second-order valence-corrected chi connectivity index (χ2v) is 7.32. The standard InChI is InChI=1S/C18H16N2S2/c1-5-10-21-17-16-15(14-8-6-11(2)7-9-14)12(3)22-18(16)20-13(4)19-17/h1,6-9H,10H2,2-4H3. The van der Waals surface area contributed by atoms with Gasteiger partial charge in [0.15, 0.2) is 0 Å². The number of benzene rings is 1. The Kier molecular flexibility index (Phi) is 4.19. The number of hydrogen-bond acceptors (Lipinski definition) is 4. The zero-order valence-electron chi connectivity index (χ0n) is 12.8. The Morgan fingerprint density at radius 2 is 1.86 bits per heavy atom. The van der Waals surface area contributed by atoms with Gasteiger partial charge in [-0.3, -0.25) is 0 Å². The van der Waals surface area contributed by atoms with Gasteiger partial charge in [-0.1, -0.05) is 47.5 Å². The summed E-state index contributed by atoms with van der Waals surface area (Å²) in [4.78, 5) is 11.5. The summed E-state index contributed by atoms with van der Waals surface area (Å²) in [6, 6.07) is 8.61. The summed E-state index contributed by atoms with van der Waals surface area (Å²) in [6.07, 6.45) is 5.42. The molecule has 0 spiro atoms. The van der Waals surface area contributed by atoms with E-state index in [9.17, 15) is 0 Å². The maximum Gasteiger partial charge on any atom is 0.129 e. The van der Waals surface area contributed by atoms with Crippen molar-refractivity contribution in [2.75, 3.05) is 5.75 Å². The molecule has 4 heteroatoms. The van der Waals surface area contributed by atoms with Crippen LogP contribution in [0.25, 0.3) is 21.3 Å². The van der Waals surface area contributed by atoms with Gasteiger partial charge in [-0.25, -0.2) is 9.97 Å². The third-order valence-electron chi connectivity index (χ3n) is 3.44. The lowest BCUT2D eigenvalue weighted by molar-refractivity contribution is 1.02. The van der Waals surface area contributed by atoms with E-state index in [1.54, 1.807) is 23.1 Å². The first-order valence-corrected chi connectivity index (χ1v) is 8.81. The summed E-state index contributed by atoms with van der Waals surface area (Å²) in [7, 11) is 0. The van der Waals surface area contributed by atoms with E-state index >= 15 is 0 Å². The van der Waals surface area contributed by atoms with E-state index in [1.807, 2.05) is 6.92 Å². The zero-order valence-corrected chi connectivity index (χ0v) is 14.4. The van der Waals surface area contributed by atoms with Crippen LogP contribution in [0.3, 0.4) is 0 Å². The zero-order chi connectivity index (χ0) is 15.7. The molecule has 2 aromatic heterocycles. The number of terminal acetylenes is 1. The predicted octanol–water partition coefficient (Wildman–Crippen LogP) is 5.01. The molecule has 1 aromatic carbocycles. The van der Waals surface area contributed by atoms with Crippen molar-refractivity contribution in [1.29, 1.82) is 0 Å². The van der Waals surface area contributed by atoms with Crippen LogP contribution in [0.2, 0.25) is 0 Å². The number of thioether (sulfide) groups is 1. The lowest BCUT2D eigenvalue weighted by Gasteiger charge is -2.06. The molecule has 0 unspecified atom stereocenters. The van der Waals surface area contributed by atoms with Gasteiger partial charge in [0.25, 0.3) is 0 Å². The van der Waals surface area contributed by atoms with E-state index in [2.05, 4.69) is 54.0 Å². The molecular formula is C18H16N2S2. The molecule has 0 atom stereocenters. The van der Waals surface area contributed by atoms with Crippen LogP contribution >= 0.6 is 23.1 Å². The number of nitrogens with zero attached hydrogens (tertiary/aromatic N) is 2. The van der Waals surface area contributed by atoms with Crippen LogP contribution in [0.1, 0.15) is 16.3 Å². The molecule has 3 aromatic rings. The fraction of sp³-hybridized carbons (Fsp3) is 0.222.